The summed E-state index contributed by atoms with van der Waals surface area (Å²) in [4.78, 5) is 2.66. The number of nitrogens with zero attached hydrogens (tertiary/aromatic N) is 1. The first-order valence-electron chi connectivity index (χ1n) is 13.6. The van der Waals surface area contributed by atoms with E-state index in [4.69, 9.17) is 0 Å². The molecule has 0 atom stereocenters. The zero-order chi connectivity index (χ0) is 21.5. The standard InChI is InChI=1S/C29H53N.H2O/c1-3-26-30(27-4-2)28-22-17-15-13-11-9-7-5-6-8-10-12-14-16-19-23-29-24-20-18-21-25-29;/h18,20-21,24-25H,3-17,19,22-23,26-28H2,1-2H3;1H2. The molecule has 0 unspecified atom stereocenters. The second-order valence-corrected chi connectivity index (χ2v) is 9.38. The fourth-order valence-corrected chi connectivity index (χ4v) is 4.58. The molecule has 0 spiro atoms. The maximum atomic E-state index is 2.66. The maximum absolute atomic E-state index is 2.66. The first-order valence-corrected chi connectivity index (χ1v) is 13.6. The fraction of sp³-hybridized carbons (Fsp3) is 0.793. The van der Waals surface area contributed by atoms with Crippen LogP contribution in [0.4, 0.5) is 0 Å². The Morgan fingerprint density at radius 3 is 1.29 bits per heavy atom. The highest BCUT2D eigenvalue weighted by atomic mass is 16.0. The topological polar surface area (TPSA) is 34.7 Å². The van der Waals surface area contributed by atoms with Crippen LogP contribution < -0.4 is 0 Å². The van der Waals surface area contributed by atoms with Crippen LogP contribution in [0.25, 0.3) is 0 Å². The lowest BCUT2D eigenvalue weighted by Gasteiger charge is -2.20. The zero-order valence-corrected chi connectivity index (χ0v) is 21.2. The van der Waals surface area contributed by atoms with Crippen molar-refractivity contribution in [2.75, 3.05) is 19.6 Å². The van der Waals surface area contributed by atoms with Crippen LogP contribution in [-0.2, 0) is 6.42 Å². The van der Waals surface area contributed by atoms with Crippen molar-refractivity contribution in [2.24, 2.45) is 0 Å². The number of hydrogen-bond acceptors (Lipinski definition) is 1. The molecule has 0 radical (unpaired) electrons. The number of hydrogen-bond donors (Lipinski definition) is 0. The van der Waals surface area contributed by atoms with Crippen LogP contribution in [-0.4, -0.2) is 30.0 Å². The molecule has 0 fully saturated rings. The number of unbranched alkanes of at least 4 members (excludes halogenated alkanes) is 14. The van der Waals surface area contributed by atoms with E-state index >= 15 is 0 Å². The average Bonchev–Trinajstić information content (AvgIpc) is 2.77. The Morgan fingerprint density at radius 1 is 0.484 bits per heavy atom. The molecule has 31 heavy (non-hydrogen) atoms. The highest BCUT2D eigenvalue weighted by Crippen LogP contribution is 2.14. The Morgan fingerprint density at radius 2 is 0.871 bits per heavy atom. The lowest BCUT2D eigenvalue weighted by atomic mass is 10.0. The molecule has 0 aliphatic carbocycles. The third-order valence-electron chi connectivity index (χ3n) is 6.36. The lowest BCUT2D eigenvalue weighted by molar-refractivity contribution is 0.267. The minimum absolute atomic E-state index is 0. The van der Waals surface area contributed by atoms with Crippen molar-refractivity contribution >= 4 is 0 Å². The fourth-order valence-electron chi connectivity index (χ4n) is 4.58. The van der Waals surface area contributed by atoms with E-state index in [2.05, 4.69) is 49.1 Å². The minimum Gasteiger partial charge on any atom is -0.412 e. The van der Waals surface area contributed by atoms with Crippen LogP contribution >= 0.6 is 0 Å². The molecule has 0 heterocycles. The van der Waals surface area contributed by atoms with Crippen molar-refractivity contribution in [2.45, 2.75) is 129 Å². The molecule has 1 rings (SSSR count). The highest BCUT2D eigenvalue weighted by molar-refractivity contribution is 5.14. The van der Waals surface area contributed by atoms with Crippen molar-refractivity contribution in [1.29, 1.82) is 0 Å². The predicted molar refractivity (Wildman–Crippen MR) is 140 cm³/mol. The maximum Gasteiger partial charge on any atom is -0.00187 e. The van der Waals surface area contributed by atoms with E-state index in [-0.39, 0.29) is 5.48 Å². The van der Waals surface area contributed by atoms with Crippen LogP contribution in [0.2, 0.25) is 0 Å². The summed E-state index contributed by atoms with van der Waals surface area (Å²) in [7, 11) is 0. The number of benzene rings is 1. The van der Waals surface area contributed by atoms with Crippen molar-refractivity contribution in [3.8, 4) is 0 Å². The molecule has 0 aromatic heterocycles. The van der Waals surface area contributed by atoms with Crippen LogP contribution in [0, 0.1) is 0 Å². The molecule has 182 valence electrons. The van der Waals surface area contributed by atoms with Crippen LogP contribution in [0.1, 0.15) is 129 Å². The molecule has 1 aromatic rings. The first-order chi connectivity index (χ1) is 14.9. The number of aryl methyl sites for hydroxylation is 1. The van der Waals surface area contributed by atoms with Gasteiger partial charge < -0.3 is 10.4 Å². The Kier molecular flexibility index (Phi) is 23.1. The molecule has 0 saturated carbocycles. The first kappa shape index (κ1) is 30.1. The van der Waals surface area contributed by atoms with Gasteiger partial charge in [-0.2, -0.15) is 0 Å². The van der Waals surface area contributed by atoms with E-state index in [1.807, 2.05) is 0 Å². The molecule has 0 amide bonds. The summed E-state index contributed by atoms with van der Waals surface area (Å²) >= 11 is 0. The summed E-state index contributed by atoms with van der Waals surface area (Å²) in [5.74, 6) is 0. The second-order valence-electron chi connectivity index (χ2n) is 9.38. The van der Waals surface area contributed by atoms with Crippen LogP contribution in [0.15, 0.2) is 30.3 Å². The average molecular weight is 434 g/mol. The van der Waals surface area contributed by atoms with Gasteiger partial charge in [-0.05, 0) is 57.3 Å². The third kappa shape index (κ3) is 19.5. The van der Waals surface area contributed by atoms with E-state index in [1.54, 1.807) is 0 Å². The quantitative estimate of drug-likeness (QED) is 0.169. The Labute approximate surface area is 195 Å². The van der Waals surface area contributed by atoms with Gasteiger partial charge in [0.25, 0.3) is 0 Å². The van der Waals surface area contributed by atoms with Crippen LogP contribution in [0.3, 0.4) is 0 Å². The summed E-state index contributed by atoms with van der Waals surface area (Å²) in [5, 5.41) is 0. The third-order valence-corrected chi connectivity index (χ3v) is 6.36. The molecule has 1 aromatic carbocycles. The Bertz CT molecular complexity index is 441. The van der Waals surface area contributed by atoms with Gasteiger partial charge >= 0.3 is 0 Å². The molecule has 2 nitrogen and oxygen atoms in total. The molecule has 0 aliphatic rings. The van der Waals surface area contributed by atoms with Crippen molar-refractivity contribution in [1.82, 2.24) is 4.90 Å². The highest BCUT2D eigenvalue weighted by Gasteiger charge is 2.01. The SMILES string of the molecule is CCCN(CCC)CCCCCCCCCCCCCCCCCc1ccccc1.O. The van der Waals surface area contributed by atoms with Crippen molar-refractivity contribution in [3.05, 3.63) is 35.9 Å². The van der Waals surface area contributed by atoms with E-state index < -0.39 is 0 Å². The van der Waals surface area contributed by atoms with Crippen LogP contribution in [0.5, 0.6) is 0 Å². The lowest BCUT2D eigenvalue weighted by Crippen LogP contribution is -2.26. The number of rotatable bonds is 22. The van der Waals surface area contributed by atoms with E-state index in [9.17, 15) is 0 Å². The Balaban J connectivity index is 0.00000900. The molecule has 0 aliphatic heterocycles. The molecular weight excluding hydrogens is 378 g/mol. The predicted octanol–water partition coefficient (Wildman–Crippen LogP) is 8.38. The van der Waals surface area contributed by atoms with Crippen molar-refractivity contribution < 1.29 is 5.48 Å². The molecule has 0 bridgehead atoms. The van der Waals surface area contributed by atoms with E-state index in [0.29, 0.717) is 0 Å². The Hall–Kier alpha value is -0.860. The second kappa shape index (κ2) is 23.8. The summed E-state index contributed by atoms with van der Waals surface area (Å²) in [6.45, 7) is 8.52. The molecule has 2 N–H and O–H groups in total. The largest absolute Gasteiger partial charge is 0.412 e. The smallest absolute Gasteiger partial charge is 0.00187 e. The zero-order valence-electron chi connectivity index (χ0n) is 21.2. The van der Waals surface area contributed by atoms with Gasteiger partial charge in [-0.1, -0.05) is 128 Å². The minimum atomic E-state index is 0. The van der Waals surface area contributed by atoms with Gasteiger partial charge in [-0.3, -0.25) is 0 Å². The molecule has 2 heteroatoms. The molecule has 0 saturated heterocycles. The van der Waals surface area contributed by atoms with Gasteiger partial charge in [0, 0.05) is 0 Å². The van der Waals surface area contributed by atoms with Gasteiger partial charge in [0.15, 0.2) is 0 Å². The van der Waals surface area contributed by atoms with Gasteiger partial charge in [-0.15, -0.1) is 0 Å². The summed E-state index contributed by atoms with van der Waals surface area (Å²) < 4.78 is 0. The molecular formula is C29H55NO. The van der Waals surface area contributed by atoms with Gasteiger partial charge in [0.05, 0.1) is 0 Å². The monoisotopic (exact) mass is 433 g/mol. The summed E-state index contributed by atoms with van der Waals surface area (Å²) in [5.41, 5.74) is 1.50. The summed E-state index contributed by atoms with van der Waals surface area (Å²) in [6, 6.07) is 10.9. The van der Waals surface area contributed by atoms with Crippen molar-refractivity contribution in [3.63, 3.8) is 0 Å². The summed E-state index contributed by atoms with van der Waals surface area (Å²) in [6.07, 6.45) is 25.5. The normalized spacial score (nSPS) is 11.1. The van der Waals surface area contributed by atoms with E-state index in [0.717, 1.165) is 0 Å². The van der Waals surface area contributed by atoms with Gasteiger partial charge in [0.1, 0.15) is 0 Å². The van der Waals surface area contributed by atoms with Gasteiger partial charge in [-0.25, -0.2) is 0 Å². The van der Waals surface area contributed by atoms with E-state index in [1.165, 1.54) is 141 Å². The van der Waals surface area contributed by atoms with Gasteiger partial charge in [0.2, 0.25) is 0 Å².